The zero-order valence-corrected chi connectivity index (χ0v) is 22.3. The number of carbonyl (C=O) groups is 1. The number of benzene rings is 3. The predicted octanol–water partition coefficient (Wildman–Crippen LogP) is 5.59. The first-order valence-corrected chi connectivity index (χ1v) is 13.3. The molecule has 7 heteroatoms. The Labute approximate surface area is 224 Å². The first-order valence-electron chi connectivity index (χ1n) is 13.3. The third-order valence-corrected chi connectivity index (χ3v) is 6.51. The van der Waals surface area contributed by atoms with E-state index in [4.69, 9.17) is 19.2 Å². The van der Waals surface area contributed by atoms with Crippen molar-refractivity contribution in [1.29, 1.82) is 0 Å². The summed E-state index contributed by atoms with van der Waals surface area (Å²) in [6.45, 7) is 2.18. The number of fused-ring (bicyclic) bond motifs is 1. The molecule has 200 valence electrons. The quantitative estimate of drug-likeness (QED) is 0.209. The predicted molar refractivity (Wildman–Crippen MR) is 150 cm³/mol. The Balaban J connectivity index is 1.19. The molecule has 7 nitrogen and oxygen atoms in total. The topological polar surface area (TPSA) is 74.6 Å². The van der Waals surface area contributed by atoms with Crippen LogP contribution in [0.4, 0.5) is 0 Å². The monoisotopic (exact) mass is 515 g/mol. The molecule has 0 aliphatic carbocycles. The number of aryl methyl sites for hydroxylation is 2. The van der Waals surface area contributed by atoms with Crippen molar-refractivity contribution in [2.75, 3.05) is 27.4 Å². The summed E-state index contributed by atoms with van der Waals surface area (Å²) >= 11 is 0. The van der Waals surface area contributed by atoms with E-state index in [1.165, 1.54) is 0 Å². The van der Waals surface area contributed by atoms with Crippen molar-refractivity contribution in [2.45, 2.75) is 45.1 Å². The van der Waals surface area contributed by atoms with Gasteiger partial charge in [-0.3, -0.25) is 4.79 Å². The highest BCUT2D eigenvalue weighted by molar-refractivity contribution is 5.78. The molecule has 0 unspecified atom stereocenters. The number of unbranched alkanes of at least 4 members (excludes halogenated alkanes) is 2. The second-order valence-electron chi connectivity index (χ2n) is 9.23. The van der Waals surface area contributed by atoms with Gasteiger partial charge in [-0.05, 0) is 73.4 Å². The SMILES string of the molecule is COc1ccc(CC(=O)NCCCCCc2nc3ccccc3n2CCCOc2ccc(OC)cc2)cc1. The normalized spacial score (nSPS) is 10.9. The van der Waals surface area contributed by atoms with Crippen molar-refractivity contribution >= 4 is 16.9 Å². The lowest BCUT2D eigenvalue weighted by Gasteiger charge is -2.11. The molecule has 4 aromatic rings. The highest BCUT2D eigenvalue weighted by Crippen LogP contribution is 2.20. The molecular formula is C31H37N3O4. The van der Waals surface area contributed by atoms with E-state index in [2.05, 4.69) is 28.1 Å². The number of aromatic nitrogens is 2. The first-order chi connectivity index (χ1) is 18.7. The standard InChI is InChI=1S/C31H37N3O4/c1-36-25-14-12-24(13-15-25)23-31(35)32-20-7-3-4-11-30-33-28-9-5-6-10-29(28)34(30)21-8-22-38-27-18-16-26(37-2)17-19-27/h5-6,9-10,12-19H,3-4,7-8,11,20-23H2,1-2H3,(H,32,35). The van der Waals surface area contributed by atoms with Gasteiger partial charge >= 0.3 is 0 Å². The Morgan fingerprint density at radius 2 is 1.50 bits per heavy atom. The van der Waals surface area contributed by atoms with Gasteiger partial charge in [0.05, 0.1) is 38.3 Å². The molecule has 38 heavy (non-hydrogen) atoms. The molecule has 0 spiro atoms. The summed E-state index contributed by atoms with van der Waals surface area (Å²) in [4.78, 5) is 17.1. The van der Waals surface area contributed by atoms with Crippen LogP contribution < -0.4 is 19.5 Å². The molecule has 1 heterocycles. The average molecular weight is 516 g/mol. The number of rotatable bonds is 15. The van der Waals surface area contributed by atoms with Crippen molar-refractivity contribution in [3.8, 4) is 17.2 Å². The molecule has 4 rings (SSSR count). The Bertz CT molecular complexity index is 1280. The molecule has 1 aromatic heterocycles. The van der Waals surface area contributed by atoms with Crippen LogP contribution in [0.5, 0.6) is 17.2 Å². The van der Waals surface area contributed by atoms with Gasteiger partial charge in [0, 0.05) is 19.5 Å². The summed E-state index contributed by atoms with van der Waals surface area (Å²) < 4.78 is 18.6. The summed E-state index contributed by atoms with van der Waals surface area (Å²) in [5, 5.41) is 3.03. The zero-order valence-electron chi connectivity index (χ0n) is 22.3. The molecule has 0 saturated carbocycles. The van der Waals surface area contributed by atoms with Crippen LogP contribution in [0.3, 0.4) is 0 Å². The molecule has 0 aliphatic heterocycles. The van der Waals surface area contributed by atoms with Crippen LogP contribution in [0.25, 0.3) is 11.0 Å². The van der Waals surface area contributed by atoms with E-state index in [1.807, 2.05) is 54.6 Å². The van der Waals surface area contributed by atoms with Gasteiger partial charge in [-0.25, -0.2) is 4.98 Å². The number of para-hydroxylation sites is 2. The molecule has 0 bridgehead atoms. The molecule has 0 saturated heterocycles. The molecular weight excluding hydrogens is 478 g/mol. The van der Waals surface area contributed by atoms with Crippen molar-refractivity contribution in [1.82, 2.24) is 14.9 Å². The third-order valence-electron chi connectivity index (χ3n) is 6.51. The van der Waals surface area contributed by atoms with Crippen LogP contribution in [-0.2, 0) is 24.2 Å². The van der Waals surface area contributed by atoms with Crippen LogP contribution in [0.1, 0.15) is 37.1 Å². The number of hydrogen-bond donors (Lipinski definition) is 1. The fourth-order valence-electron chi connectivity index (χ4n) is 4.45. The summed E-state index contributed by atoms with van der Waals surface area (Å²) in [7, 11) is 3.30. The zero-order chi connectivity index (χ0) is 26.6. The minimum atomic E-state index is 0.0498. The average Bonchev–Trinajstić information content (AvgIpc) is 3.31. The fourth-order valence-corrected chi connectivity index (χ4v) is 4.45. The fraction of sp³-hybridized carbons (Fsp3) is 0.355. The van der Waals surface area contributed by atoms with E-state index in [9.17, 15) is 4.79 Å². The highest BCUT2D eigenvalue weighted by Gasteiger charge is 2.10. The number of amides is 1. The smallest absolute Gasteiger partial charge is 0.224 e. The number of nitrogens with one attached hydrogen (secondary N) is 1. The largest absolute Gasteiger partial charge is 0.497 e. The lowest BCUT2D eigenvalue weighted by Crippen LogP contribution is -2.26. The molecule has 1 amide bonds. The lowest BCUT2D eigenvalue weighted by molar-refractivity contribution is -0.120. The maximum absolute atomic E-state index is 12.2. The van der Waals surface area contributed by atoms with Gasteiger partial charge in [0.2, 0.25) is 5.91 Å². The van der Waals surface area contributed by atoms with Gasteiger partial charge in [0.1, 0.15) is 23.1 Å². The number of carbonyl (C=O) groups excluding carboxylic acids is 1. The lowest BCUT2D eigenvalue weighted by atomic mass is 10.1. The van der Waals surface area contributed by atoms with Crippen LogP contribution >= 0.6 is 0 Å². The first kappa shape index (κ1) is 27.0. The minimum Gasteiger partial charge on any atom is -0.497 e. The van der Waals surface area contributed by atoms with Gasteiger partial charge in [-0.1, -0.05) is 30.7 Å². The Morgan fingerprint density at radius 1 is 0.816 bits per heavy atom. The van der Waals surface area contributed by atoms with Crippen LogP contribution in [-0.4, -0.2) is 42.8 Å². The summed E-state index contributed by atoms with van der Waals surface area (Å²) in [6.07, 6.45) is 5.19. The number of imidazole rings is 1. The van der Waals surface area contributed by atoms with Gasteiger partial charge in [0.25, 0.3) is 0 Å². The maximum Gasteiger partial charge on any atom is 0.224 e. The third kappa shape index (κ3) is 7.75. The van der Waals surface area contributed by atoms with Gasteiger partial charge in [0.15, 0.2) is 0 Å². The van der Waals surface area contributed by atoms with Crippen molar-refractivity contribution in [3.63, 3.8) is 0 Å². The number of nitrogens with zero attached hydrogens (tertiary/aromatic N) is 2. The molecule has 3 aromatic carbocycles. The summed E-state index contributed by atoms with van der Waals surface area (Å²) in [6, 6.07) is 23.6. The Hall–Kier alpha value is -4.00. The second kappa shape index (κ2) is 14.1. The second-order valence-corrected chi connectivity index (χ2v) is 9.23. The van der Waals surface area contributed by atoms with Crippen molar-refractivity contribution in [2.24, 2.45) is 0 Å². The van der Waals surface area contributed by atoms with E-state index >= 15 is 0 Å². The van der Waals surface area contributed by atoms with E-state index in [1.54, 1.807) is 14.2 Å². The summed E-state index contributed by atoms with van der Waals surface area (Å²) in [5.41, 5.74) is 3.18. The molecule has 1 N–H and O–H groups in total. The van der Waals surface area contributed by atoms with Crippen molar-refractivity contribution < 1.29 is 19.0 Å². The molecule has 0 atom stereocenters. The highest BCUT2D eigenvalue weighted by atomic mass is 16.5. The van der Waals surface area contributed by atoms with Crippen LogP contribution in [0.15, 0.2) is 72.8 Å². The van der Waals surface area contributed by atoms with Crippen LogP contribution in [0, 0.1) is 0 Å². The van der Waals surface area contributed by atoms with E-state index < -0.39 is 0 Å². The molecule has 0 radical (unpaired) electrons. The van der Waals surface area contributed by atoms with Gasteiger partial charge in [-0.2, -0.15) is 0 Å². The van der Waals surface area contributed by atoms with E-state index in [-0.39, 0.29) is 5.91 Å². The van der Waals surface area contributed by atoms with Gasteiger partial charge in [-0.15, -0.1) is 0 Å². The number of ether oxygens (including phenoxy) is 3. The van der Waals surface area contributed by atoms with E-state index in [0.29, 0.717) is 19.6 Å². The Morgan fingerprint density at radius 3 is 2.24 bits per heavy atom. The number of hydrogen-bond acceptors (Lipinski definition) is 5. The molecule has 0 aliphatic rings. The van der Waals surface area contributed by atoms with E-state index in [0.717, 1.165) is 78.3 Å². The summed E-state index contributed by atoms with van der Waals surface area (Å²) in [5.74, 6) is 3.62. The number of methoxy groups -OCH3 is 2. The van der Waals surface area contributed by atoms with Gasteiger partial charge < -0.3 is 24.1 Å². The maximum atomic E-state index is 12.2. The van der Waals surface area contributed by atoms with Crippen LogP contribution in [0.2, 0.25) is 0 Å². The molecule has 0 fully saturated rings. The Kier molecular flexibility index (Phi) is 10.0. The van der Waals surface area contributed by atoms with Crippen molar-refractivity contribution in [3.05, 3.63) is 84.2 Å². The minimum absolute atomic E-state index is 0.0498.